The standard InChI is InChI=1S/C6H10O3.2C4H9O.Al/c1-3-9-6(8)4-5(2)7;2*1-3-4(2)5;/h4,7H,3H2,1-2H3;2*4H,3H2,1-2H3;/q;2*-1;/p-1. The van der Waals surface area contributed by atoms with Gasteiger partial charge in [-0.3, -0.25) is 0 Å². The van der Waals surface area contributed by atoms with Crippen LogP contribution >= 0.6 is 0 Å². The quantitative estimate of drug-likeness (QED) is 0.308. The molecule has 0 amide bonds. The topological polar surface area (TPSA) is 95.5 Å². The number of hydrogen-bond acceptors (Lipinski definition) is 5. The van der Waals surface area contributed by atoms with Gasteiger partial charge in [-0.2, -0.15) is 0 Å². The second-order valence-corrected chi connectivity index (χ2v) is 3.94. The highest BCUT2D eigenvalue weighted by Crippen LogP contribution is 1.83. The largest absolute Gasteiger partial charge is 0.875 e. The first-order valence-electron chi connectivity index (χ1n) is 6.54. The summed E-state index contributed by atoms with van der Waals surface area (Å²) in [4.78, 5) is 10.4. The Morgan fingerprint density at radius 3 is 1.55 bits per heavy atom. The smallest absolute Gasteiger partial charge is 0.329 e. The minimum atomic E-state index is -0.565. The van der Waals surface area contributed by atoms with Gasteiger partial charge in [-0.25, -0.2) is 4.79 Å². The summed E-state index contributed by atoms with van der Waals surface area (Å²) in [5.41, 5.74) is 0. The maximum atomic E-state index is 10.4. The van der Waals surface area contributed by atoms with Crippen LogP contribution in [0.4, 0.5) is 0 Å². The maximum absolute atomic E-state index is 10.4. The van der Waals surface area contributed by atoms with Crippen LogP contribution in [0.15, 0.2) is 11.8 Å². The molecular weight excluding hydrogens is 275 g/mol. The van der Waals surface area contributed by atoms with Gasteiger partial charge in [0.15, 0.2) is 0 Å². The van der Waals surface area contributed by atoms with Crippen LogP contribution in [0.2, 0.25) is 0 Å². The van der Waals surface area contributed by atoms with E-state index in [0.717, 1.165) is 18.9 Å². The van der Waals surface area contributed by atoms with E-state index in [1.165, 1.54) is 6.92 Å². The number of carbonyl (C=O) groups is 1. The molecule has 2 unspecified atom stereocenters. The number of ether oxygens (including phenoxy) is 1. The van der Waals surface area contributed by atoms with Crippen LogP contribution < -0.4 is 15.3 Å². The Hall–Kier alpha value is -0.538. The third-order valence-electron chi connectivity index (χ3n) is 1.76. The SMILES string of the molecule is CCC(C)[O-].CCC(C)[O-].CCOC(=O)C=C(C)[O-].[Al]. The Balaban J connectivity index is -0.000000101. The molecule has 0 aliphatic carbocycles. The molecule has 0 aromatic rings. The van der Waals surface area contributed by atoms with Crippen molar-refractivity contribution in [3.05, 3.63) is 11.8 Å². The lowest BCUT2D eigenvalue weighted by molar-refractivity contribution is -0.414. The Morgan fingerprint density at radius 2 is 1.40 bits per heavy atom. The number of carbonyl (C=O) groups excluding carboxylic acids is 1. The lowest BCUT2D eigenvalue weighted by atomic mass is 10.3. The molecule has 0 spiro atoms. The Bertz CT molecular complexity index is 216. The molecule has 0 fully saturated rings. The first-order valence-corrected chi connectivity index (χ1v) is 6.54. The Labute approximate surface area is 133 Å². The van der Waals surface area contributed by atoms with E-state index < -0.39 is 5.97 Å². The van der Waals surface area contributed by atoms with Crippen molar-refractivity contribution in [2.24, 2.45) is 0 Å². The molecule has 0 saturated carbocycles. The lowest BCUT2D eigenvalue weighted by Crippen LogP contribution is -2.18. The molecule has 0 aliphatic rings. The molecule has 0 N–H and O–H groups in total. The fourth-order valence-electron chi connectivity index (χ4n) is 0.350. The van der Waals surface area contributed by atoms with Gasteiger partial charge >= 0.3 is 5.97 Å². The average molecular weight is 302 g/mol. The second kappa shape index (κ2) is 20.8. The molecule has 0 heterocycles. The van der Waals surface area contributed by atoms with Crippen molar-refractivity contribution >= 4 is 23.3 Å². The summed E-state index contributed by atoms with van der Waals surface area (Å²) < 4.78 is 4.44. The van der Waals surface area contributed by atoms with Crippen LogP contribution in [0.25, 0.3) is 0 Å². The predicted molar refractivity (Wildman–Crippen MR) is 75.7 cm³/mol. The molecule has 0 bridgehead atoms. The van der Waals surface area contributed by atoms with Crippen LogP contribution in [0, 0.1) is 0 Å². The van der Waals surface area contributed by atoms with Crippen molar-refractivity contribution in [2.75, 3.05) is 6.61 Å². The summed E-state index contributed by atoms with van der Waals surface area (Å²) >= 11 is 0. The average Bonchev–Trinajstić information content (AvgIpc) is 2.29. The van der Waals surface area contributed by atoms with E-state index >= 15 is 0 Å². The van der Waals surface area contributed by atoms with Crippen LogP contribution in [-0.2, 0) is 9.53 Å². The molecule has 0 aliphatic heterocycles. The Kier molecular flexibility index (Phi) is 28.8. The highest BCUT2D eigenvalue weighted by Gasteiger charge is 1.90. The zero-order chi connectivity index (χ0) is 15.8. The van der Waals surface area contributed by atoms with Gasteiger partial charge in [-0.05, 0) is 6.92 Å². The summed E-state index contributed by atoms with van der Waals surface area (Å²) in [5, 5.41) is 30.0. The van der Waals surface area contributed by atoms with Crippen molar-refractivity contribution < 1.29 is 24.9 Å². The third-order valence-corrected chi connectivity index (χ3v) is 1.76. The van der Waals surface area contributed by atoms with Gasteiger partial charge in [0.1, 0.15) is 0 Å². The number of hydrogen-bond donors (Lipinski definition) is 0. The van der Waals surface area contributed by atoms with Crippen molar-refractivity contribution in [3.8, 4) is 0 Å². The van der Waals surface area contributed by atoms with E-state index in [4.69, 9.17) is 0 Å². The number of esters is 1. The van der Waals surface area contributed by atoms with Crippen molar-refractivity contribution in [1.29, 1.82) is 0 Å². The lowest BCUT2D eigenvalue weighted by Gasteiger charge is -2.09. The normalized spacial score (nSPS) is 12.5. The van der Waals surface area contributed by atoms with Gasteiger partial charge in [-0.15, -0.1) is 18.0 Å². The van der Waals surface area contributed by atoms with Gasteiger partial charge in [0, 0.05) is 23.4 Å². The van der Waals surface area contributed by atoms with Gasteiger partial charge in [0.05, 0.1) is 6.61 Å². The highest BCUT2D eigenvalue weighted by atomic mass is 27.0. The van der Waals surface area contributed by atoms with Crippen molar-refractivity contribution in [1.82, 2.24) is 0 Å². The van der Waals surface area contributed by atoms with Gasteiger partial charge in [0.25, 0.3) is 0 Å². The molecule has 0 aromatic heterocycles. The molecule has 3 radical (unpaired) electrons. The van der Waals surface area contributed by atoms with Crippen LogP contribution in [0.5, 0.6) is 0 Å². The first kappa shape index (κ1) is 27.7. The van der Waals surface area contributed by atoms with Crippen LogP contribution in [0.3, 0.4) is 0 Å². The minimum absolute atomic E-state index is 0. The molecule has 0 aromatic carbocycles. The summed E-state index contributed by atoms with van der Waals surface area (Å²) in [5.74, 6) is -0.849. The summed E-state index contributed by atoms with van der Waals surface area (Å²) in [6.07, 6.45) is 1.69. The molecular formula is C14H27AlO5-3. The minimum Gasteiger partial charge on any atom is -0.875 e. The van der Waals surface area contributed by atoms with E-state index in [0.29, 0.717) is 6.61 Å². The van der Waals surface area contributed by atoms with E-state index in [9.17, 15) is 20.1 Å². The molecule has 20 heavy (non-hydrogen) atoms. The second-order valence-electron chi connectivity index (χ2n) is 3.94. The molecule has 6 heteroatoms. The molecule has 0 saturated heterocycles. The molecule has 119 valence electrons. The summed E-state index contributed by atoms with van der Waals surface area (Å²) in [6, 6.07) is 0. The fourth-order valence-corrected chi connectivity index (χ4v) is 0.350. The van der Waals surface area contributed by atoms with E-state index in [2.05, 4.69) is 4.74 Å². The Morgan fingerprint density at radius 1 is 1.10 bits per heavy atom. The highest BCUT2D eigenvalue weighted by molar-refractivity contribution is 5.82. The zero-order valence-corrected chi connectivity index (χ0v) is 14.6. The number of allylic oxidation sites excluding steroid dienone is 1. The van der Waals surface area contributed by atoms with Crippen molar-refractivity contribution in [2.45, 2.75) is 66.6 Å². The van der Waals surface area contributed by atoms with E-state index in [-0.39, 0.29) is 35.3 Å². The monoisotopic (exact) mass is 302 g/mol. The van der Waals surface area contributed by atoms with E-state index in [1.807, 2.05) is 13.8 Å². The van der Waals surface area contributed by atoms with Gasteiger partial charge < -0.3 is 20.1 Å². The zero-order valence-electron chi connectivity index (χ0n) is 13.5. The van der Waals surface area contributed by atoms with Crippen molar-refractivity contribution in [3.63, 3.8) is 0 Å². The summed E-state index contributed by atoms with van der Waals surface area (Å²) in [6.45, 7) is 10.4. The van der Waals surface area contributed by atoms with Gasteiger partial charge in [-0.1, -0.05) is 47.5 Å². The predicted octanol–water partition coefficient (Wildman–Crippen LogP) is -0.277. The third kappa shape index (κ3) is 43.2. The molecule has 0 rings (SSSR count). The molecule has 5 nitrogen and oxygen atoms in total. The number of rotatable bonds is 4. The molecule has 2 atom stereocenters. The van der Waals surface area contributed by atoms with Crippen LogP contribution in [-0.4, -0.2) is 42.1 Å². The first-order chi connectivity index (χ1) is 8.70. The van der Waals surface area contributed by atoms with E-state index in [1.54, 1.807) is 20.8 Å². The van der Waals surface area contributed by atoms with Gasteiger partial charge in [0.2, 0.25) is 0 Å². The fraction of sp³-hybridized carbons (Fsp3) is 0.786. The maximum Gasteiger partial charge on any atom is 0.329 e. The van der Waals surface area contributed by atoms with Crippen LogP contribution in [0.1, 0.15) is 54.4 Å². The summed E-state index contributed by atoms with van der Waals surface area (Å²) in [7, 11) is 0.